The highest BCUT2D eigenvalue weighted by Gasteiger charge is 2.37. The van der Waals surface area contributed by atoms with Gasteiger partial charge in [-0.2, -0.15) is 8.42 Å². The lowest BCUT2D eigenvalue weighted by Crippen LogP contribution is -2.58. The Kier molecular flexibility index (Phi) is 3.46. The Morgan fingerprint density at radius 3 is 2.89 bits per heavy atom. The summed E-state index contributed by atoms with van der Waals surface area (Å²) < 4.78 is 37.0. The van der Waals surface area contributed by atoms with Gasteiger partial charge in [0.25, 0.3) is 0 Å². The highest BCUT2D eigenvalue weighted by molar-refractivity contribution is 7.86. The van der Waals surface area contributed by atoms with Crippen LogP contribution in [0.25, 0.3) is 0 Å². The molecule has 0 saturated carbocycles. The normalized spacial score (nSPS) is 29.1. The summed E-state index contributed by atoms with van der Waals surface area (Å²) in [7, 11) is -4.46. The lowest BCUT2D eigenvalue weighted by molar-refractivity contribution is -0.118. The Morgan fingerprint density at radius 2 is 2.33 bits per heavy atom. The minimum atomic E-state index is -4.46. The Morgan fingerprint density at radius 1 is 1.61 bits per heavy atom. The van der Waals surface area contributed by atoms with E-state index < -0.39 is 21.5 Å². The SMILES string of the molecule is NC1=CC(=O)NC(S(=O)(=O)O)N1CC1CCCO1. The first-order chi connectivity index (χ1) is 8.38. The summed E-state index contributed by atoms with van der Waals surface area (Å²) in [6, 6.07) is 0. The summed E-state index contributed by atoms with van der Waals surface area (Å²) in [4.78, 5) is 12.4. The molecule has 0 aliphatic carbocycles. The van der Waals surface area contributed by atoms with E-state index in [1.807, 2.05) is 0 Å². The highest BCUT2D eigenvalue weighted by atomic mass is 32.2. The number of hydrogen-bond acceptors (Lipinski definition) is 6. The van der Waals surface area contributed by atoms with Crippen LogP contribution in [0.3, 0.4) is 0 Å². The third-order valence-electron chi connectivity index (χ3n) is 2.87. The third-order valence-corrected chi connectivity index (χ3v) is 3.80. The van der Waals surface area contributed by atoms with Gasteiger partial charge >= 0.3 is 10.1 Å². The molecule has 0 aromatic rings. The molecule has 102 valence electrons. The maximum atomic E-state index is 11.2. The summed E-state index contributed by atoms with van der Waals surface area (Å²) in [5, 5.41) is 2.15. The van der Waals surface area contributed by atoms with Gasteiger partial charge in [0.05, 0.1) is 6.10 Å². The number of nitrogens with two attached hydrogens (primary N) is 1. The maximum absolute atomic E-state index is 11.2. The molecule has 0 bridgehead atoms. The van der Waals surface area contributed by atoms with Gasteiger partial charge in [0.2, 0.25) is 11.4 Å². The minimum absolute atomic E-state index is 0.00289. The zero-order valence-electron chi connectivity index (χ0n) is 9.57. The molecule has 9 heteroatoms. The smallest absolute Gasteiger partial charge is 0.306 e. The number of nitrogens with one attached hydrogen (secondary N) is 1. The standard InChI is InChI=1S/C9H15N3O5S/c10-7-4-8(13)11-9(18(14,15)16)12(7)5-6-2-1-3-17-6/h4,6,9H,1-3,5,10H2,(H,11,13)(H,14,15,16). The minimum Gasteiger partial charge on any atom is -0.385 e. The predicted octanol–water partition coefficient (Wildman–Crippen LogP) is -1.43. The molecule has 2 unspecified atom stereocenters. The molecule has 18 heavy (non-hydrogen) atoms. The first kappa shape index (κ1) is 13.1. The van der Waals surface area contributed by atoms with Crippen LogP contribution in [0.5, 0.6) is 0 Å². The van der Waals surface area contributed by atoms with Gasteiger partial charge in [-0.05, 0) is 12.8 Å². The Hall–Kier alpha value is -1.32. The van der Waals surface area contributed by atoms with Gasteiger partial charge < -0.3 is 20.7 Å². The molecule has 2 atom stereocenters. The molecule has 0 aromatic heterocycles. The Labute approximate surface area is 105 Å². The molecule has 4 N–H and O–H groups in total. The fourth-order valence-electron chi connectivity index (χ4n) is 2.04. The van der Waals surface area contributed by atoms with Gasteiger partial charge in [0, 0.05) is 19.2 Å². The Balaban J connectivity index is 2.21. The van der Waals surface area contributed by atoms with Crippen molar-refractivity contribution in [3.8, 4) is 0 Å². The Bertz CT molecular complexity index is 469. The van der Waals surface area contributed by atoms with Crippen LogP contribution in [0.1, 0.15) is 12.8 Å². The number of nitrogens with zero attached hydrogens (tertiary/aromatic N) is 1. The summed E-state index contributed by atoms with van der Waals surface area (Å²) in [5.74, 6) is -0.657. The molecule has 2 aliphatic heterocycles. The van der Waals surface area contributed by atoms with Crippen molar-refractivity contribution >= 4 is 16.0 Å². The largest absolute Gasteiger partial charge is 0.385 e. The lowest BCUT2D eigenvalue weighted by atomic mass is 10.2. The van der Waals surface area contributed by atoms with Crippen LogP contribution in [-0.2, 0) is 19.6 Å². The van der Waals surface area contributed by atoms with Crippen molar-refractivity contribution in [3.05, 3.63) is 11.9 Å². The molecule has 1 fully saturated rings. The van der Waals surface area contributed by atoms with Crippen LogP contribution in [0.4, 0.5) is 0 Å². The van der Waals surface area contributed by atoms with Crippen molar-refractivity contribution in [1.82, 2.24) is 10.2 Å². The zero-order chi connectivity index (χ0) is 13.3. The van der Waals surface area contributed by atoms with Crippen molar-refractivity contribution in [2.45, 2.75) is 24.4 Å². The van der Waals surface area contributed by atoms with Crippen LogP contribution in [0, 0.1) is 0 Å². The average molecular weight is 277 g/mol. The molecular formula is C9H15N3O5S. The van der Waals surface area contributed by atoms with E-state index in [0.717, 1.165) is 18.9 Å². The van der Waals surface area contributed by atoms with E-state index in [4.69, 9.17) is 15.0 Å². The number of carbonyl (C=O) groups excluding carboxylic acids is 1. The number of carbonyl (C=O) groups is 1. The summed E-state index contributed by atoms with van der Waals surface area (Å²) in [6.07, 6.45) is 2.61. The highest BCUT2D eigenvalue weighted by Crippen LogP contribution is 2.19. The molecule has 1 amide bonds. The number of amides is 1. The van der Waals surface area contributed by atoms with E-state index in [0.29, 0.717) is 6.61 Å². The van der Waals surface area contributed by atoms with Crippen molar-refractivity contribution in [2.24, 2.45) is 5.73 Å². The first-order valence-electron chi connectivity index (χ1n) is 5.50. The van der Waals surface area contributed by atoms with Crippen molar-refractivity contribution in [1.29, 1.82) is 0 Å². The summed E-state index contributed by atoms with van der Waals surface area (Å²) in [5.41, 5.74) is 4.07. The van der Waals surface area contributed by atoms with E-state index in [1.54, 1.807) is 0 Å². The van der Waals surface area contributed by atoms with Crippen LogP contribution >= 0.6 is 0 Å². The predicted molar refractivity (Wildman–Crippen MR) is 61.4 cm³/mol. The van der Waals surface area contributed by atoms with E-state index in [-0.39, 0.29) is 18.5 Å². The molecule has 0 aromatic carbocycles. The van der Waals surface area contributed by atoms with Crippen LogP contribution < -0.4 is 11.1 Å². The van der Waals surface area contributed by atoms with E-state index in [1.165, 1.54) is 4.90 Å². The quantitative estimate of drug-likeness (QED) is 0.540. The summed E-state index contributed by atoms with van der Waals surface area (Å²) >= 11 is 0. The molecule has 1 saturated heterocycles. The molecular weight excluding hydrogens is 262 g/mol. The first-order valence-corrected chi connectivity index (χ1v) is 7.00. The van der Waals surface area contributed by atoms with E-state index in [9.17, 15) is 13.2 Å². The van der Waals surface area contributed by atoms with Gasteiger partial charge in [-0.1, -0.05) is 0 Å². The molecule has 0 radical (unpaired) electrons. The van der Waals surface area contributed by atoms with Gasteiger partial charge in [-0.3, -0.25) is 9.35 Å². The maximum Gasteiger partial charge on any atom is 0.306 e. The van der Waals surface area contributed by atoms with Gasteiger partial charge in [0.15, 0.2) is 0 Å². The van der Waals surface area contributed by atoms with Gasteiger partial charge in [-0.25, -0.2) is 0 Å². The monoisotopic (exact) mass is 277 g/mol. The zero-order valence-corrected chi connectivity index (χ0v) is 10.4. The fraction of sp³-hybridized carbons (Fsp3) is 0.667. The second-order valence-electron chi connectivity index (χ2n) is 4.23. The lowest BCUT2D eigenvalue weighted by Gasteiger charge is -2.35. The van der Waals surface area contributed by atoms with E-state index >= 15 is 0 Å². The van der Waals surface area contributed by atoms with Crippen molar-refractivity contribution in [2.75, 3.05) is 13.2 Å². The van der Waals surface area contributed by atoms with Gasteiger partial charge in [-0.15, -0.1) is 0 Å². The van der Waals surface area contributed by atoms with Crippen LogP contribution in [0.15, 0.2) is 11.9 Å². The second kappa shape index (κ2) is 4.75. The number of rotatable bonds is 3. The number of ether oxygens (including phenoxy) is 1. The molecule has 0 spiro atoms. The molecule has 8 nitrogen and oxygen atoms in total. The third kappa shape index (κ3) is 2.74. The number of hydrogen-bond donors (Lipinski definition) is 3. The van der Waals surface area contributed by atoms with Crippen molar-refractivity contribution in [3.63, 3.8) is 0 Å². The van der Waals surface area contributed by atoms with Crippen molar-refractivity contribution < 1.29 is 22.5 Å². The van der Waals surface area contributed by atoms with Gasteiger partial charge in [0.1, 0.15) is 5.82 Å². The summed E-state index contributed by atoms with van der Waals surface area (Å²) in [6.45, 7) is 0.818. The molecule has 2 heterocycles. The molecule has 2 aliphatic rings. The molecule has 2 rings (SSSR count). The topological polar surface area (TPSA) is 122 Å². The van der Waals surface area contributed by atoms with Crippen LogP contribution in [0.2, 0.25) is 0 Å². The van der Waals surface area contributed by atoms with E-state index in [2.05, 4.69) is 5.32 Å². The van der Waals surface area contributed by atoms with Crippen LogP contribution in [-0.4, -0.2) is 48.5 Å². The average Bonchev–Trinajstić information content (AvgIpc) is 2.72. The second-order valence-corrected chi connectivity index (χ2v) is 5.71. The fourth-order valence-corrected chi connectivity index (χ4v) is 2.83.